The van der Waals surface area contributed by atoms with E-state index in [0.29, 0.717) is 12.6 Å². The fourth-order valence-corrected chi connectivity index (χ4v) is 5.15. The lowest BCUT2D eigenvalue weighted by molar-refractivity contribution is -0.157. The quantitative estimate of drug-likeness (QED) is 0.766. The van der Waals surface area contributed by atoms with Gasteiger partial charge in [0, 0.05) is 26.6 Å². The van der Waals surface area contributed by atoms with E-state index in [4.69, 9.17) is 9.47 Å². The van der Waals surface area contributed by atoms with Gasteiger partial charge >= 0.3 is 0 Å². The van der Waals surface area contributed by atoms with Gasteiger partial charge in [0.25, 0.3) is 0 Å². The number of carbonyl (C=O) groups is 2. The average Bonchev–Trinajstić information content (AvgIpc) is 2.65. The molecule has 0 aromatic carbocycles. The lowest BCUT2D eigenvalue weighted by Crippen LogP contribution is -2.66. The Labute approximate surface area is 157 Å². The molecule has 6 nitrogen and oxygen atoms in total. The SMILES string of the molecule is COC1CCC(OCC(=O)N2C[C@H](C)N(C(C)=O)C3CCCCC32)CC1. The summed E-state index contributed by atoms with van der Waals surface area (Å²) >= 11 is 0. The molecule has 3 atom stereocenters. The molecule has 6 heteroatoms. The fourth-order valence-electron chi connectivity index (χ4n) is 5.15. The summed E-state index contributed by atoms with van der Waals surface area (Å²) in [7, 11) is 1.76. The Morgan fingerprint density at radius 1 is 0.962 bits per heavy atom. The van der Waals surface area contributed by atoms with Crippen LogP contribution in [0.5, 0.6) is 0 Å². The van der Waals surface area contributed by atoms with Crippen molar-refractivity contribution >= 4 is 11.8 Å². The van der Waals surface area contributed by atoms with E-state index in [1.165, 1.54) is 0 Å². The van der Waals surface area contributed by atoms with Gasteiger partial charge in [-0.15, -0.1) is 0 Å². The molecular weight excluding hydrogens is 332 g/mol. The molecule has 26 heavy (non-hydrogen) atoms. The van der Waals surface area contributed by atoms with E-state index in [9.17, 15) is 9.59 Å². The highest BCUT2D eigenvalue weighted by Crippen LogP contribution is 2.33. The Morgan fingerprint density at radius 3 is 2.19 bits per heavy atom. The van der Waals surface area contributed by atoms with E-state index in [1.54, 1.807) is 14.0 Å². The minimum Gasteiger partial charge on any atom is -0.381 e. The maximum absolute atomic E-state index is 12.9. The first-order valence-electron chi connectivity index (χ1n) is 10.2. The Kier molecular flexibility index (Phi) is 6.56. The van der Waals surface area contributed by atoms with Crippen molar-refractivity contribution in [2.45, 2.75) is 95.5 Å². The molecule has 0 aromatic rings. The Balaban J connectivity index is 1.57. The van der Waals surface area contributed by atoms with Gasteiger partial charge in [-0.3, -0.25) is 9.59 Å². The van der Waals surface area contributed by atoms with Crippen molar-refractivity contribution in [2.75, 3.05) is 20.3 Å². The van der Waals surface area contributed by atoms with Gasteiger partial charge in [0.05, 0.1) is 24.3 Å². The van der Waals surface area contributed by atoms with Crippen LogP contribution >= 0.6 is 0 Å². The van der Waals surface area contributed by atoms with Crippen molar-refractivity contribution < 1.29 is 19.1 Å². The van der Waals surface area contributed by atoms with Crippen LogP contribution in [0.3, 0.4) is 0 Å². The second-order valence-electron chi connectivity index (χ2n) is 8.19. The molecule has 0 aromatic heterocycles. The summed E-state index contributed by atoms with van der Waals surface area (Å²) in [5, 5.41) is 0. The third-order valence-corrected chi connectivity index (χ3v) is 6.47. The van der Waals surface area contributed by atoms with Crippen LogP contribution in [-0.4, -0.2) is 72.2 Å². The molecule has 0 N–H and O–H groups in total. The second-order valence-corrected chi connectivity index (χ2v) is 8.19. The number of amides is 2. The monoisotopic (exact) mass is 366 g/mol. The van der Waals surface area contributed by atoms with Gasteiger partial charge in [-0.25, -0.2) is 0 Å². The number of fused-ring (bicyclic) bond motifs is 1. The van der Waals surface area contributed by atoms with Gasteiger partial charge in [-0.05, 0) is 45.4 Å². The molecule has 2 unspecified atom stereocenters. The molecule has 1 aliphatic heterocycles. The van der Waals surface area contributed by atoms with Crippen molar-refractivity contribution in [3.05, 3.63) is 0 Å². The molecule has 2 aliphatic carbocycles. The van der Waals surface area contributed by atoms with Crippen molar-refractivity contribution in [3.8, 4) is 0 Å². The number of piperazine rings is 1. The molecule has 3 fully saturated rings. The van der Waals surface area contributed by atoms with Crippen LogP contribution in [0.25, 0.3) is 0 Å². The first kappa shape index (κ1) is 19.6. The first-order chi connectivity index (χ1) is 12.5. The summed E-state index contributed by atoms with van der Waals surface area (Å²) in [5.41, 5.74) is 0. The smallest absolute Gasteiger partial charge is 0.248 e. The van der Waals surface area contributed by atoms with Gasteiger partial charge < -0.3 is 19.3 Å². The highest BCUT2D eigenvalue weighted by Gasteiger charge is 2.44. The fraction of sp³-hybridized carbons (Fsp3) is 0.900. The van der Waals surface area contributed by atoms with Crippen molar-refractivity contribution in [2.24, 2.45) is 0 Å². The zero-order valence-corrected chi connectivity index (χ0v) is 16.5. The number of rotatable bonds is 4. The van der Waals surface area contributed by atoms with Crippen LogP contribution in [0.4, 0.5) is 0 Å². The van der Waals surface area contributed by atoms with Crippen LogP contribution in [0.1, 0.15) is 65.2 Å². The van der Waals surface area contributed by atoms with Gasteiger partial charge in [-0.1, -0.05) is 12.8 Å². The molecule has 1 saturated heterocycles. The third kappa shape index (κ3) is 4.22. The maximum atomic E-state index is 12.9. The molecular formula is C20H34N2O4. The van der Waals surface area contributed by atoms with Crippen molar-refractivity contribution in [1.29, 1.82) is 0 Å². The normalized spacial score (nSPS) is 35.1. The van der Waals surface area contributed by atoms with Crippen LogP contribution in [0.2, 0.25) is 0 Å². The van der Waals surface area contributed by atoms with Gasteiger partial charge in [0.1, 0.15) is 6.61 Å². The van der Waals surface area contributed by atoms with Crippen molar-refractivity contribution in [3.63, 3.8) is 0 Å². The second kappa shape index (κ2) is 8.70. The zero-order valence-electron chi connectivity index (χ0n) is 16.5. The molecule has 2 amide bonds. The van der Waals surface area contributed by atoms with Crippen LogP contribution < -0.4 is 0 Å². The highest BCUT2D eigenvalue weighted by atomic mass is 16.5. The average molecular weight is 367 g/mol. The summed E-state index contributed by atoms with van der Waals surface area (Å²) in [6, 6.07) is 0.406. The van der Waals surface area contributed by atoms with Crippen LogP contribution in [0.15, 0.2) is 0 Å². The van der Waals surface area contributed by atoms with Crippen LogP contribution in [0, 0.1) is 0 Å². The summed E-state index contributed by atoms with van der Waals surface area (Å²) in [4.78, 5) is 29.0. The van der Waals surface area contributed by atoms with E-state index in [-0.39, 0.29) is 42.7 Å². The van der Waals surface area contributed by atoms with E-state index < -0.39 is 0 Å². The zero-order chi connectivity index (χ0) is 18.7. The predicted octanol–water partition coefficient (Wildman–Crippen LogP) is 2.35. The molecule has 1 heterocycles. The molecule has 148 valence electrons. The Hall–Kier alpha value is -1.14. The van der Waals surface area contributed by atoms with Gasteiger partial charge in [0.2, 0.25) is 11.8 Å². The molecule has 0 spiro atoms. The number of hydrogen-bond acceptors (Lipinski definition) is 4. The standard InChI is InChI=1S/C20H34N2O4/c1-14-12-21(18-6-4-5-7-19(18)22(14)15(2)23)20(24)13-26-17-10-8-16(25-3)9-11-17/h14,16-19H,4-13H2,1-3H3/t14-,16?,17?,18?,19?/m0/s1. The Bertz CT molecular complexity index is 504. The molecule has 2 saturated carbocycles. The number of methoxy groups -OCH3 is 1. The third-order valence-electron chi connectivity index (χ3n) is 6.47. The number of carbonyl (C=O) groups excluding carboxylic acids is 2. The number of nitrogens with zero attached hydrogens (tertiary/aromatic N) is 2. The minimum atomic E-state index is 0.0768. The first-order valence-corrected chi connectivity index (χ1v) is 10.2. The maximum Gasteiger partial charge on any atom is 0.248 e. The van der Waals surface area contributed by atoms with Gasteiger partial charge in [0.15, 0.2) is 0 Å². The molecule has 0 bridgehead atoms. The summed E-state index contributed by atoms with van der Waals surface area (Å²) in [6.07, 6.45) is 8.72. The van der Waals surface area contributed by atoms with Crippen molar-refractivity contribution in [1.82, 2.24) is 9.80 Å². The predicted molar refractivity (Wildman–Crippen MR) is 98.7 cm³/mol. The van der Waals surface area contributed by atoms with E-state index in [0.717, 1.165) is 51.4 Å². The molecule has 3 rings (SSSR count). The molecule has 3 aliphatic rings. The largest absolute Gasteiger partial charge is 0.381 e. The summed E-state index contributed by atoms with van der Waals surface area (Å²) in [6.45, 7) is 4.50. The summed E-state index contributed by atoms with van der Waals surface area (Å²) in [5.74, 6) is 0.221. The summed E-state index contributed by atoms with van der Waals surface area (Å²) < 4.78 is 11.4. The lowest BCUT2D eigenvalue weighted by Gasteiger charge is -2.52. The van der Waals surface area contributed by atoms with E-state index in [2.05, 4.69) is 6.92 Å². The minimum absolute atomic E-state index is 0.0768. The number of hydrogen-bond donors (Lipinski definition) is 0. The van der Waals surface area contributed by atoms with Gasteiger partial charge in [-0.2, -0.15) is 0 Å². The highest BCUT2D eigenvalue weighted by molar-refractivity contribution is 5.79. The lowest BCUT2D eigenvalue weighted by atomic mass is 9.84. The topological polar surface area (TPSA) is 59.1 Å². The molecule has 0 radical (unpaired) electrons. The van der Waals surface area contributed by atoms with E-state index in [1.807, 2.05) is 9.80 Å². The Morgan fingerprint density at radius 2 is 1.58 bits per heavy atom. The van der Waals surface area contributed by atoms with Crippen LogP contribution in [-0.2, 0) is 19.1 Å². The van der Waals surface area contributed by atoms with E-state index >= 15 is 0 Å². The number of ether oxygens (including phenoxy) is 2.